The van der Waals surface area contributed by atoms with Crippen molar-refractivity contribution in [3.8, 4) is 0 Å². The molecule has 0 spiro atoms. The lowest BCUT2D eigenvalue weighted by Crippen LogP contribution is -1.83. The van der Waals surface area contributed by atoms with Gasteiger partial charge in [-0.05, 0) is 39.4 Å². The number of hydrogen-bond acceptors (Lipinski definition) is 1. The van der Waals surface area contributed by atoms with Crippen molar-refractivity contribution >= 4 is 27.7 Å². The summed E-state index contributed by atoms with van der Waals surface area (Å²) >= 11 is 4.99. The molecule has 1 aromatic rings. The molecule has 0 heterocycles. The minimum absolute atomic E-state index is 0.194. The lowest BCUT2D eigenvalue weighted by molar-refractivity contribution is 0.620. The summed E-state index contributed by atoms with van der Waals surface area (Å²) in [5.41, 5.74) is 1.16. The molecule has 0 amide bonds. The van der Waals surface area contributed by atoms with Gasteiger partial charge in [0.15, 0.2) is 0 Å². The van der Waals surface area contributed by atoms with Crippen LogP contribution in [0.4, 0.5) is 4.39 Å². The van der Waals surface area contributed by atoms with E-state index in [1.807, 2.05) is 23.9 Å². The van der Waals surface area contributed by atoms with Crippen molar-refractivity contribution in [2.24, 2.45) is 0 Å². The van der Waals surface area contributed by atoms with E-state index in [0.717, 1.165) is 17.1 Å². The average Bonchev–Trinajstić information content (AvgIpc) is 2.07. The molecular formula is C9H10BrFS. The van der Waals surface area contributed by atoms with Gasteiger partial charge < -0.3 is 0 Å². The maximum atomic E-state index is 12.8. The second-order valence-corrected chi connectivity index (χ2v) is 4.51. The van der Waals surface area contributed by atoms with Crippen LogP contribution in [0.5, 0.6) is 0 Å². The lowest BCUT2D eigenvalue weighted by atomic mass is 10.2. The van der Waals surface area contributed by atoms with Crippen molar-refractivity contribution in [2.75, 3.05) is 5.75 Å². The van der Waals surface area contributed by atoms with E-state index >= 15 is 0 Å². The summed E-state index contributed by atoms with van der Waals surface area (Å²) in [4.78, 5) is 0. The predicted octanol–water partition coefficient (Wildman–Crippen LogP) is 3.84. The SMILES string of the molecule is CCSCc1ccc(F)c(Br)c1. The van der Waals surface area contributed by atoms with Crippen LogP contribution in [0.15, 0.2) is 22.7 Å². The first kappa shape index (κ1) is 10.1. The van der Waals surface area contributed by atoms with E-state index in [4.69, 9.17) is 0 Å². The fourth-order valence-corrected chi connectivity index (χ4v) is 1.89. The number of halogens is 2. The van der Waals surface area contributed by atoms with E-state index in [-0.39, 0.29) is 5.82 Å². The minimum Gasteiger partial charge on any atom is -0.206 e. The standard InChI is InChI=1S/C9H10BrFS/c1-2-12-6-7-3-4-9(11)8(10)5-7/h3-5H,2,6H2,1H3. The van der Waals surface area contributed by atoms with Crippen LogP contribution in [0, 0.1) is 5.82 Å². The normalized spacial score (nSPS) is 10.2. The Morgan fingerprint density at radius 2 is 2.25 bits per heavy atom. The Morgan fingerprint density at radius 1 is 1.50 bits per heavy atom. The third kappa shape index (κ3) is 2.79. The molecule has 0 N–H and O–H groups in total. The maximum absolute atomic E-state index is 12.8. The van der Waals surface area contributed by atoms with Gasteiger partial charge >= 0.3 is 0 Å². The largest absolute Gasteiger partial charge is 0.206 e. The Hall–Kier alpha value is -0.0200. The van der Waals surface area contributed by atoms with Crippen LogP contribution >= 0.6 is 27.7 Å². The Morgan fingerprint density at radius 3 is 2.83 bits per heavy atom. The summed E-state index contributed by atoms with van der Waals surface area (Å²) in [6, 6.07) is 5.15. The molecule has 0 unspecified atom stereocenters. The molecule has 3 heteroatoms. The van der Waals surface area contributed by atoms with Gasteiger partial charge in [0.1, 0.15) is 5.82 Å². The number of hydrogen-bond donors (Lipinski definition) is 0. The highest BCUT2D eigenvalue weighted by Crippen LogP contribution is 2.19. The van der Waals surface area contributed by atoms with Crippen molar-refractivity contribution in [2.45, 2.75) is 12.7 Å². The molecule has 12 heavy (non-hydrogen) atoms. The molecule has 0 aromatic heterocycles. The van der Waals surface area contributed by atoms with Gasteiger partial charge in [0, 0.05) is 5.75 Å². The first-order valence-corrected chi connectivity index (χ1v) is 5.70. The zero-order valence-corrected chi connectivity index (χ0v) is 9.21. The molecule has 0 saturated carbocycles. The number of rotatable bonds is 3. The van der Waals surface area contributed by atoms with Crippen LogP contribution in [0.1, 0.15) is 12.5 Å². The van der Waals surface area contributed by atoms with Crippen LogP contribution in [0.25, 0.3) is 0 Å². The number of benzene rings is 1. The van der Waals surface area contributed by atoms with Crippen molar-refractivity contribution in [3.05, 3.63) is 34.1 Å². The summed E-state index contributed by atoms with van der Waals surface area (Å²) in [6.07, 6.45) is 0. The summed E-state index contributed by atoms with van der Waals surface area (Å²) in [6.45, 7) is 2.11. The molecule has 66 valence electrons. The van der Waals surface area contributed by atoms with E-state index in [9.17, 15) is 4.39 Å². The molecule has 0 bridgehead atoms. The van der Waals surface area contributed by atoms with Crippen molar-refractivity contribution in [1.82, 2.24) is 0 Å². The van der Waals surface area contributed by atoms with E-state index in [2.05, 4.69) is 22.9 Å². The monoisotopic (exact) mass is 248 g/mol. The molecule has 1 rings (SSSR count). The van der Waals surface area contributed by atoms with Crippen LogP contribution in [-0.4, -0.2) is 5.75 Å². The van der Waals surface area contributed by atoms with Gasteiger partial charge in [0.2, 0.25) is 0 Å². The second kappa shape index (κ2) is 4.87. The van der Waals surface area contributed by atoms with Gasteiger partial charge in [-0.25, -0.2) is 4.39 Å². The average molecular weight is 249 g/mol. The zero-order valence-electron chi connectivity index (χ0n) is 6.81. The van der Waals surface area contributed by atoms with Crippen molar-refractivity contribution in [3.63, 3.8) is 0 Å². The van der Waals surface area contributed by atoms with Gasteiger partial charge in [0.05, 0.1) is 4.47 Å². The summed E-state index contributed by atoms with van der Waals surface area (Å²) in [5, 5.41) is 0. The van der Waals surface area contributed by atoms with E-state index in [0.29, 0.717) is 4.47 Å². The lowest BCUT2D eigenvalue weighted by Gasteiger charge is -2.00. The zero-order chi connectivity index (χ0) is 8.97. The first-order valence-electron chi connectivity index (χ1n) is 3.75. The van der Waals surface area contributed by atoms with Crippen molar-refractivity contribution < 1.29 is 4.39 Å². The van der Waals surface area contributed by atoms with Crippen LogP contribution in [0.2, 0.25) is 0 Å². The van der Waals surface area contributed by atoms with Gasteiger partial charge in [0.25, 0.3) is 0 Å². The summed E-state index contributed by atoms with van der Waals surface area (Å²) < 4.78 is 13.3. The van der Waals surface area contributed by atoms with Gasteiger partial charge in [-0.1, -0.05) is 13.0 Å². The highest BCUT2D eigenvalue weighted by molar-refractivity contribution is 9.10. The predicted molar refractivity (Wildman–Crippen MR) is 55.9 cm³/mol. The third-order valence-electron chi connectivity index (χ3n) is 1.46. The molecule has 0 radical (unpaired) electrons. The quantitative estimate of drug-likeness (QED) is 0.784. The van der Waals surface area contributed by atoms with E-state index in [1.54, 1.807) is 0 Å². The molecule has 0 aliphatic heterocycles. The highest BCUT2D eigenvalue weighted by atomic mass is 79.9. The molecule has 0 fully saturated rings. The minimum atomic E-state index is -0.194. The fraction of sp³-hybridized carbons (Fsp3) is 0.333. The van der Waals surface area contributed by atoms with Crippen molar-refractivity contribution in [1.29, 1.82) is 0 Å². The molecule has 0 atom stereocenters. The Balaban J connectivity index is 2.69. The van der Waals surface area contributed by atoms with Crippen LogP contribution < -0.4 is 0 Å². The fourth-order valence-electron chi connectivity index (χ4n) is 0.849. The smallest absolute Gasteiger partial charge is 0.137 e. The molecule has 1 aromatic carbocycles. The molecule has 0 saturated heterocycles. The highest BCUT2D eigenvalue weighted by Gasteiger charge is 1.99. The summed E-state index contributed by atoms with van der Waals surface area (Å²) in [5.74, 6) is 1.85. The first-order chi connectivity index (χ1) is 5.74. The maximum Gasteiger partial charge on any atom is 0.137 e. The van der Waals surface area contributed by atoms with Gasteiger partial charge in [-0.15, -0.1) is 0 Å². The number of thioether (sulfide) groups is 1. The molecular weight excluding hydrogens is 239 g/mol. The van der Waals surface area contributed by atoms with E-state index in [1.165, 1.54) is 6.07 Å². The van der Waals surface area contributed by atoms with E-state index < -0.39 is 0 Å². The topological polar surface area (TPSA) is 0 Å². The molecule has 0 nitrogen and oxygen atoms in total. The molecule has 0 aliphatic rings. The Labute approximate surface area is 84.7 Å². The summed E-state index contributed by atoms with van der Waals surface area (Å²) in [7, 11) is 0. The van der Waals surface area contributed by atoms with Gasteiger partial charge in [-0.2, -0.15) is 11.8 Å². The molecule has 0 aliphatic carbocycles. The van der Waals surface area contributed by atoms with Crippen LogP contribution in [0.3, 0.4) is 0 Å². The van der Waals surface area contributed by atoms with Crippen LogP contribution in [-0.2, 0) is 5.75 Å². The second-order valence-electron chi connectivity index (χ2n) is 2.39. The third-order valence-corrected chi connectivity index (χ3v) is 3.01. The Bertz CT molecular complexity index is 263. The Kier molecular flexibility index (Phi) is 4.09. The van der Waals surface area contributed by atoms with Gasteiger partial charge in [-0.3, -0.25) is 0 Å².